The van der Waals surface area contributed by atoms with Crippen LogP contribution in [0.4, 0.5) is 0 Å². The molecule has 0 radical (unpaired) electrons. The van der Waals surface area contributed by atoms with Crippen LogP contribution in [-0.4, -0.2) is 82.2 Å². The summed E-state index contributed by atoms with van der Waals surface area (Å²) >= 11 is 0.652. The number of azo groups is 1. The highest BCUT2D eigenvalue weighted by molar-refractivity contribution is 7.95. The molecule has 0 saturated heterocycles. The van der Waals surface area contributed by atoms with Crippen LogP contribution in [0.1, 0.15) is 77.6 Å². The van der Waals surface area contributed by atoms with Gasteiger partial charge in [-0.2, -0.15) is 27.1 Å². The average molecular weight is 644 g/mol. The summed E-state index contributed by atoms with van der Waals surface area (Å²) < 4.78 is 72.9. The molecule has 41 heavy (non-hydrogen) atoms. The van der Waals surface area contributed by atoms with E-state index in [0.717, 1.165) is 32.1 Å². The summed E-state index contributed by atoms with van der Waals surface area (Å²) in [6, 6.07) is -2.59. The standard InChI is InChI=1S/C24H41N3O11S3/c1-13-7-8-17(20(9-13)41(34,35)36)26-27-22-19(39-38-37-30)11-15-10-16(40(31,32)33)12-18(21(15)23(22)28)25-24(29)14-5-3-2-4-6-14/h13-23,28,30H,2-12H2,1H3,(H,25,29)(H,31,32,33)(H,34,35,36). The van der Waals surface area contributed by atoms with Crippen LogP contribution in [0.25, 0.3) is 0 Å². The summed E-state index contributed by atoms with van der Waals surface area (Å²) in [7, 11) is -8.84. The van der Waals surface area contributed by atoms with Crippen molar-refractivity contribution in [1.29, 1.82) is 0 Å². The summed E-state index contributed by atoms with van der Waals surface area (Å²) in [5.41, 5.74) is 0. The highest BCUT2D eigenvalue weighted by Crippen LogP contribution is 2.47. The molecule has 0 aromatic heterocycles. The molecule has 4 aliphatic rings. The third kappa shape index (κ3) is 8.17. The minimum atomic E-state index is -4.44. The molecule has 0 heterocycles. The first-order valence-electron chi connectivity index (χ1n) is 14.2. The number of amides is 1. The molecule has 17 heteroatoms. The molecule has 4 saturated carbocycles. The molecule has 0 aromatic rings. The maximum absolute atomic E-state index is 13.2. The quantitative estimate of drug-likeness (QED) is 0.0805. The number of carbonyl (C=O) groups excluding carboxylic acids is 1. The first-order chi connectivity index (χ1) is 19.3. The Balaban J connectivity index is 1.61. The van der Waals surface area contributed by atoms with Gasteiger partial charge in [0.1, 0.15) is 11.3 Å². The van der Waals surface area contributed by atoms with E-state index in [1.165, 1.54) is 0 Å². The molecule has 236 valence electrons. The minimum absolute atomic E-state index is 0.0304. The third-order valence-electron chi connectivity index (χ3n) is 9.42. The van der Waals surface area contributed by atoms with Crippen LogP contribution in [0.15, 0.2) is 10.2 Å². The highest BCUT2D eigenvalue weighted by atomic mass is 32.2. The molecule has 14 nitrogen and oxygen atoms in total. The second-order valence-electron chi connectivity index (χ2n) is 12.2. The average Bonchev–Trinajstić information content (AvgIpc) is 2.91. The van der Waals surface area contributed by atoms with Gasteiger partial charge in [0.2, 0.25) is 5.91 Å². The van der Waals surface area contributed by atoms with Gasteiger partial charge >= 0.3 is 0 Å². The summed E-state index contributed by atoms with van der Waals surface area (Å²) in [4.78, 5) is 13.2. The van der Waals surface area contributed by atoms with Crippen LogP contribution in [0.2, 0.25) is 0 Å². The van der Waals surface area contributed by atoms with Gasteiger partial charge in [0.05, 0.1) is 22.6 Å². The number of hydrogen-bond donors (Lipinski definition) is 5. The number of nitrogens with one attached hydrogen (secondary N) is 1. The number of aliphatic hydroxyl groups excluding tert-OH is 1. The Kier molecular flexibility index (Phi) is 11.1. The van der Waals surface area contributed by atoms with E-state index in [-0.39, 0.29) is 43.4 Å². The molecule has 5 N–H and O–H groups in total. The molecule has 4 rings (SSSR count). The van der Waals surface area contributed by atoms with E-state index in [2.05, 4.69) is 24.9 Å². The van der Waals surface area contributed by atoms with E-state index < -0.39 is 72.1 Å². The fourth-order valence-electron chi connectivity index (χ4n) is 7.31. The van der Waals surface area contributed by atoms with Crippen molar-refractivity contribution in [3.05, 3.63) is 0 Å². The van der Waals surface area contributed by atoms with Crippen LogP contribution < -0.4 is 5.32 Å². The van der Waals surface area contributed by atoms with E-state index in [1.807, 2.05) is 6.92 Å². The predicted octanol–water partition coefficient (Wildman–Crippen LogP) is 2.80. The largest absolute Gasteiger partial charge is 0.390 e. The second kappa shape index (κ2) is 13.8. The molecule has 0 bridgehead atoms. The van der Waals surface area contributed by atoms with Gasteiger partial charge in [-0.15, -0.1) is 4.33 Å². The molecule has 10 unspecified atom stereocenters. The van der Waals surface area contributed by atoms with Crippen molar-refractivity contribution < 1.29 is 50.5 Å². The lowest BCUT2D eigenvalue weighted by Crippen LogP contribution is -2.61. The molecule has 0 aromatic carbocycles. The predicted molar refractivity (Wildman–Crippen MR) is 148 cm³/mol. The lowest BCUT2D eigenvalue weighted by atomic mass is 9.65. The van der Waals surface area contributed by atoms with Gasteiger partial charge in [-0.05, 0) is 63.2 Å². The van der Waals surface area contributed by atoms with Crippen molar-refractivity contribution in [2.75, 3.05) is 0 Å². The summed E-state index contributed by atoms with van der Waals surface area (Å²) in [5.74, 6) is -1.47. The first-order valence-corrected chi connectivity index (χ1v) is 18.0. The van der Waals surface area contributed by atoms with Gasteiger partial charge in [-0.25, -0.2) is 5.26 Å². The number of rotatable bonds is 9. The van der Waals surface area contributed by atoms with Crippen molar-refractivity contribution in [2.45, 2.75) is 118 Å². The third-order valence-corrected chi connectivity index (χ3v) is 12.8. The van der Waals surface area contributed by atoms with Crippen molar-refractivity contribution >= 4 is 38.2 Å². The van der Waals surface area contributed by atoms with Crippen LogP contribution in [0.5, 0.6) is 0 Å². The van der Waals surface area contributed by atoms with Crippen molar-refractivity contribution in [2.24, 2.45) is 33.9 Å². The van der Waals surface area contributed by atoms with E-state index in [4.69, 9.17) is 5.26 Å². The monoisotopic (exact) mass is 643 g/mol. The summed E-state index contributed by atoms with van der Waals surface area (Å²) in [5, 5.41) is 32.8. The maximum atomic E-state index is 13.2. The van der Waals surface area contributed by atoms with Gasteiger partial charge in [-0.1, -0.05) is 31.2 Å². The summed E-state index contributed by atoms with van der Waals surface area (Å²) in [6.07, 6.45) is 4.49. The lowest BCUT2D eigenvalue weighted by Gasteiger charge is -2.50. The Hall–Kier alpha value is -0.920. The minimum Gasteiger partial charge on any atom is -0.390 e. The second-order valence-corrected chi connectivity index (χ2v) is 16.4. The maximum Gasteiger partial charge on any atom is 0.269 e. The summed E-state index contributed by atoms with van der Waals surface area (Å²) in [6.45, 7) is 1.89. The number of nitrogens with zero attached hydrogens (tertiary/aromatic N) is 2. The van der Waals surface area contributed by atoms with E-state index in [1.54, 1.807) is 0 Å². The first kappa shape index (κ1) is 33.0. The topological polar surface area (TPSA) is 221 Å². The molecule has 4 aliphatic carbocycles. The van der Waals surface area contributed by atoms with Crippen molar-refractivity contribution in [3.63, 3.8) is 0 Å². The smallest absolute Gasteiger partial charge is 0.269 e. The lowest BCUT2D eigenvalue weighted by molar-refractivity contribution is -0.432. The fourth-order valence-corrected chi connectivity index (χ4v) is 10.2. The number of aliphatic hydroxyl groups is 1. The SMILES string of the molecule is CC1CCC(N=NC2C(SOOO)CC3CC(S(=O)(=O)O)CC(NC(=O)C4CCCCC4)C3C2O)C(S(=O)(=O)O)C1. The Morgan fingerprint density at radius 1 is 0.927 bits per heavy atom. The zero-order valence-electron chi connectivity index (χ0n) is 22.9. The zero-order valence-corrected chi connectivity index (χ0v) is 25.3. The number of fused-ring (bicyclic) bond motifs is 1. The van der Waals surface area contributed by atoms with E-state index >= 15 is 0 Å². The normalized spacial score (nSPS) is 39.3. The molecule has 4 fully saturated rings. The van der Waals surface area contributed by atoms with Gasteiger partial charge < -0.3 is 10.4 Å². The molecule has 10 atom stereocenters. The molecule has 0 aliphatic heterocycles. The van der Waals surface area contributed by atoms with Crippen molar-refractivity contribution in [1.82, 2.24) is 5.32 Å². The molecular formula is C24H41N3O11S3. The van der Waals surface area contributed by atoms with Crippen LogP contribution in [0.3, 0.4) is 0 Å². The molecule has 1 amide bonds. The van der Waals surface area contributed by atoms with Gasteiger partial charge in [0, 0.05) is 29.9 Å². The van der Waals surface area contributed by atoms with Crippen LogP contribution in [0, 0.1) is 23.7 Å². The van der Waals surface area contributed by atoms with E-state index in [9.17, 15) is 35.8 Å². The Morgan fingerprint density at radius 2 is 1.63 bits per heavy atom. The van der Waals surface area contributed by atoms with Gasteiger partial charge in [0.25, 0.3) is 20.2 Å². The Morgan fingerprint density at radius 3 is 2.27 bits per heavy atom. The van der Waals surface area contributed by atoms with Crippen LogP contribution >= 0.6 is 12.0 Å². The number of carbonyl (C=O) groups is 1. The molecule has 0 spiro atoms. The molecular weight excluding hydrogens is 602 g/mol. The zero-order chi connectivity index (χ0) is 29.9. The van der Waals surface area contributed by atoms with Crippen LogP contribution in [-0.2, 0) is 34.4 Å². The Bertz CT molecular complexity index is 1150. The van der Waals surface area contributed by atoms with Gasteiger partial charge in [-0.3, -0.25) is 13.9 Å². The van der Waals surface area contributed by atoms with Gasteiger partial charge in [0.15, 0.2) is 0 Å². The number of hydrogen-bond acceptors (Lipinski definition) is 12. The fraction of sp³-hybridized carbons (Fsp3) is 0.958. The van der Waals surface area contributed by atoms with E-state index in [0.29, 0.717) is 24.9 Å². The Labute approximate surface area is 245 Å². The van der Waals surface area contributed by atoms with Crippen molar-refractivity contribution in [3.8, 4) is 0 Å². The highest BCUT2D eigenvalue weighted by Gasteiger charge is 2.53.